The van der Waals surface area contributed by atoms with Crippen molar-refractivity contribution in [1.29, 1.82) is 0 Å². The molecular formula is C31H38ClN3O4S. The lowest BCUT2D eigenvalue weighted by atomic mass is 10.00. The summed E-state index contributed by atoms with van der Waals surface area (Å²) in [6.07, 6.45) is 1.31. The summed E-state index contributed by atoms with van der Waals surface area (Å²) in [6.45, 7) is 8.99. The number of sulfonamides is 1. The number of carbonyl (C=O) groups excluding carboxylic acids is 2. The zero-order chi connectivity index (χ0) is 29.7. The van der Waals surface area contributed by atoms with Crippen molar-refractivity contribution in [2.24, 2.45) is 0 Å². The van der Waals surface area contributed by atoms with E-state index in [1.54, 1.807) is 19.1 Å². The van der Waals surface area contributed by atoms with Crippen LogP contribution in [-0.2, 0) is 32.6 Å². The van der Waals surface area contributed by atoms with Crippen LogP contribution in [-0.4, -0.2) is 49.5 Å². The molecule has 0 aliphatic rings. The van der Waals surface area contributed by atoms with Gasteiger partial charge in [0.15, 0.2) is 0 Å². The summed E-state index contributed by atoms with van der Waals surface area (Å²) >= 11 is 6.21. The standard InChI is InChI=1S/C31H38ClN3O4S/c1-22-12-10-11-15-25(22)20-34(28(30(37)33-31(3,4)5)18-24-13-8-7-9-14-24)29(36)21-35(40(6,38)39)27-19-26(32)17-16-23(27)2/h7-17,19,28H,18,20-21H2,1-6H3,(H,33,37)/t28-/m1/s1. The number of hydrogen-bond donors (Lipinski definition) is 1. The largest absolute Gasteiger partial charge is 0.350 e. The fourth-order valence-electron chi connectivity index (χ4n) is 4.42. The minimum Gasteiger partial charge on any atom is -0.350 e. The maximum atomic E-state index is 14.2. The molecule has 0 spiro atoms. The van der Waals surface area contributed by atoms with Gasteiger partial charge in [-0.15, -0.1) is 0 Å². The highest BCUT2D eigenvalue weighted by molar-refractivity contribution is 7.92. The number of rotatable bonds is 10. The van der Waals surface area contributed by atoms with Gasteiger partial charge in [0.2, 0.25) is 21.8 Å². The van der Waals surface area contributed by atoms with Crippen LogP contribution in [0.3, 0.4) is 0 Å². The van der Waals surface area contributed by atoms with Crippen LogP contribution < -0.4 is 9.62 Å². The normalized spacial score (nSPS) is 12.5. The van der Waals surface area contributed by atoms with Gasteiger partial charge < -0.3 is 10.2 Å². The molecule has 1 N–H and O–H groups in total. The summed E-state index contributed by atoms with van der Waals surface area (Å²) in [7, 11) is -3.87. The Morgan fingerprint density at radius 1 is 0.925 bits per heavy atom. The van der Waals surface area contributed by atoms with E-state index >= 15 is 0 Å². The third kappa shape index (κ3) is 8.57. The number of anilines is 1. The van der Waals surface area contributed by atoms with Gasteiger partial charge in [-0.05, 0) is 69.0 Å². The topological polar surface area (TPSA) is 86.8 Å². The van der Waals surface area contributed by atoms with Gasteiger partial charge in [-0.3, -0.25) is 13.9 Å². The summed E-state index contributed by atoms with van der Waals surface area (Å²) in [5.41, 5.74) is 3.13. The molecule has 2 amide bonds. The van der Waals surface area contributed by atoms with Gasteiger partial charge in [0, 0.05) is 23.5 Å². The molecule has 7 nitrogen and oxygen atoms in total. The van der Waals surface area contributed by atoms with Crippen LogP contribution in [0.5, 0.6) is 0 Å². The van der Waals surface area contributed by atoms with Crippen LogP contribution in [0.4, 0.5) is 5.69 Å². The van der Waals surface area contributed by atoms with E-state index in [1.807, 2.05) is 82.3 Å². The Kier molecular flexibility index (Phi) is 10.0. The molecule has 0 bridgehead atoms. The molecule has 0 unspecified atom stereocenters. The van der Waals surface area contributed by atoms with E-state index in [0.717, 1.165) is 27.3 Å². The van der Waals surface area contributed by atoms with Gasteiger partial charge in [0.25, 0.3) is 0 Å². The number of aryl methyl sites for hydroxylation is 2. The van der Waals surface area contributed by atoms with Crippen molar-refractivity contribution in [2.45, 2.75) is 59.2 Å². The molecule has 0 saturated heterocycles. The summed E-state index contributed by atoms with van der Waals surface area (Å²) in [4.78, 5) is 29.5. The van der Waals surface area contributed by atoms with Crippen molar-refractivity contribution >= 4 is 39.1 Å². The summed E-state index contributed by atoms with van der Waals surface area (Å²) in [5.74, 6) is -0.818. The molecule has 0 radical (unpaired) electrons. The highest BCUT2D eigenvalue weighted by Crippen LogP contribution is 2.27. The van der Waals surface area contributed by atoms with Crippen LogP contribution in [0.1, 0.15) is 43.0 Å². The number of nitrogens with one attached hydrogen (secondary N) is 1. The van der Waals surface area contributed by atoms with Crippen LogP contribution >= 0.6 is 11.6 Å². The number of halogens is 1. The first-order chi connectivity index (χ1) is 18.7. The zero-order valence-corrected chi connectivity index (χ0v) is 25.5. The van der Waals surface area contributed by atoms with Crippen molar-refractivity contribution in [3.63, 3.8) is 0 Å². The Morgan fingerprint density at radius 3 is 2.15 bits per heavy atom. The van der Waals surface area contributed by atoms with Gasteiger partial charge in [-0.25, -0.2) is 8.42 Å². The third-order valence-electron chi connectivity index (χ3n) is 6.49. The molecule has 3 aromatic carbocycles. The molecule has 9 heteroatoms. The fraction of sp³-hybridized carbons (Fsp3) is 0.355. The Hall–Kier alpha value is -3.36. The first-order valence-electron chi connectivity index (χ1n) is 13.1. The summed E-state index contributed by atoms with van der Waals surface area (Å²) < 4.78 is 27.0. The van der Waals surface area contributed by atoms with Crippen molar-refractivity contribution in [3.05, 3.63) is 100 Å². The monoisotopic (exact) mass is 583 g/mol. The molecule has 1 atom stereocenters. The van der Waals surface area contributed by atoms with Crippen LogP contribution in [0.2, 0.25) is 5.02 Å². The number of hydrogen-bond acceptors (Lipinski definition) is 4. The lowest BCUT2D eigenvalue weighted by Gasteiger charge is -2.35. The van der Waals surface area contributed by atoms with E-state index in [1.165, 1.54) is 11.0 Å². The van der Waals surface area contributed by atoms with Gasteiger partial charge in [0.05, 0.1) is 11.9 Å². The predicted molar refractivity (Wildman–Crippen MR) is 162 cm³/mol. The Bertz CT molecular complexity index is 1450. The highest BCUT2D eigenvalue weighted by atomic mass is 35.5. The predicted octanol–water partition coefficient (Wildman–Crippen LogP) is 5.28. The van der Waals surface area contributed by atoms with Crippen LogP contribution in [0.15, 0.2) is 72.8 Å². The average molecular weight is 584 g/mol. The van der Waals surface area contributed by atoms with E-state index < -0.39 is 34.1 Å². The van der Waals surface area contributed by atoms with Crippen molar-refractivity contribution in [2.75, 3.05) is 17.1 Å². The van der Waals surface area contributed by atoms with Gasteiger partial charge in [0.1, 0.15) is 12.6 Å². The minimum absolute atomic E-state index is 0.132. The highest BCUT2D eigenvalue weighted by Gasteiger charge is 2.34. The second-order valence-electron chi connectivity index (χ2n) is 11.1. The lowest BCUT2D eigenvalue weighted by molar-refractivity contribution is -0.140. The quantitative estimate of drug-likeness (QED) is 0.352. The summed E-state index contributed by atoms with van der Waals surface area (Å²) in [5, 5.41) is 3.38. The molecule has 3 aromatic rings. The Labute approximate surface area is 243 Å². The molecule has 0 aliphatic heterocycles. The number of carbonyl (C=O) groups is 2. The van der Waals surface area contributed by atoms with E-state index in [-0.39, 0.29) is 18.9 Å². The molecule has 0 aliphatic carbocycles. The van der Waals surface area contributed by atoms with E-state index in [4.69, 9.17) is 11.6 Å². The summed E-state index contributed by atoms with van der Waals surface area (Å²) in [6, 6.07) is 21.1. The fourth-order valence-corrected chi connectivity index (χ4v) is 5.49. The maximum absolute atomic E-state index is 14.2. The molecule has 0 fully saturated rings. The second-order valence-corrected chi connectivity index (χ2v) is 13.4. The number of benzene rings is 3. The number of nitrogens with zero attached hydrogens (tertiary/aromatic N) is 2. The molecule has 3 rings (SSSR count). The molecular weight excluding hydrogens is 546 g/mol. The van der Waals surface area contributed by atoms with Gasteiger partial charge >= 0.3 is 0 Å². The minimum atomic E-state index is -3.87. The Balaban J connectivity index is 2.11. The van der Waals surface area contributed by atoms with Crippen LogP contribution in [0, 0.1) is 13.8 Å². The van der Waals surface area contributed by atoms with E-state index in [2.05, 4.69) is 5.32 Å². The van der Waals surface area contributed by atoms with Crippen LogP contribution in [0.25, 0.3) is 0 Å². The number of amides is 2. The smallest absolute Gasteiger partial charge is 0.244 e. The Morgan fingerprint density at radius 2 is 1.55 bits per heavy atom. The lowest BCUT2D eigenvalue weighted by Crippen LogP contribution is -2.56. The SMILES string of the molecule is Cc1ccccc1CN(C(=O)CN(c1cc(Cl)ccc1C)S(C)(=O)=O)[C@H](Cc1ccccc1)C(=O)NC(C)(C)C. The second kappa shape index (κ2) is 12.9. The first kappa shape index (κ1) is 31.2. The van der Waals surface area contributed by atoms with Crippen molar-refractivity contribution < 1.29 is 18.0 Å². The zero-order valence-electron chi connectivity index (χ0n) is 23.9. The molecule has 40 heavy (non-hydrogen) atoms. The van der Waals surface area contributed by atoms with Crippen molar-refractivity contribution in [3.8, 4) is 0 Å². The third-order valence-corrected chi connectivity index (χ3v) is 7.85. The molecule has 214 valence electrons. The molecule has 0 saturated carbocycles. The van der Waals surface area contributed by atoms with Gasteiger partial charge in [-0.2, -0.15) is 0 Å². The molecule has 0 heterocycles. The first-order valence-corrected chi connectivity index (χ1v) is 15.3. The molecule has 0 aromatic heterocycles. The van der Waals surface area contributed by atoms with Gasteiger partial charge in [-0.1, -0.05) is 72.3 Å². The average Bonchev–Trinajstić information content (AvgIpc) is 2.86. The van der Waals surface area contributed by atoms with Crippen molar-refractivity contribution in [1.82, 2.24) is 10.2 Å². The maximum Gasteiger partial charge on any atom is 0.244 e. The van der Waals surface area contributed by atoms with E-state index in [9.17, 15) is 18.0 Å². The van der Waals surface area contributed by atoms with E-state index in [0.29, 0.717) is 16.3 Å².